The summed E-state index contributed by atoms with van der Waals surface area (Å²) in [5, 5.41) is 13.8. The molecule has 1 aromatic heterocycles. The van der Waals surface area contributed by atoms with Crippen molar-refractivity contribution >= 4 is 5.91 Å². The zero-order valence-corrected chi connectivity index (χ0v) is 13.0. The summed E-state index contributed by atoms with van der Waals surface area (Å²) in [4.78, 5) is 18.4. The van der Waals surface area contributed by atoms with Gasteiger partial charge in [-0.2, -0.15) is 5.10 Å². The number of amides is 1. The van der Waals surface area contributed by atoms with Crippen LogP contribution in [0.3, 0.4) is 0 Å². The largest absolute Gasteiger partial charge is 0.394 e. The molecule has 0 saturated carbocycles. The Bertz CT molecular complexity index is 658. The molecule has 2 atom stereocenters. The molecule has 2 heterocycles. The third-order valence-electron chi connectivity index (χ3n) is 4.11. The van der Waals surface area contributed by atoms with Crippen LogP contribution in [-0.2, 0) is 16.1 Å². The van der Waals surface area contributed by atoms with Gasteiger partial charge in [0.25, 0.3) is 0 Å². The van der Waals surface area contributed by atoms with Gasteiger partial charge >= 0.3 is 0 Å². The predicted molar refractivity (Wildman–Crippen MR) is 83.5 cm³/mol. The number of ether oxygens (including phenoxy) is 1. The number of hydrogen-bond donors (Lipinski definition) is 1. The van der Waals surface area contributed by atoms with Crippen molar-refractivity contribution in [2.45, 2.75) is 25.1 Å². The van der Waals surface area contributed by atoms with Crippen molar-refractivity contribution in [2.24, 2.45) is 0 Å². The van der Waals surface area contributed by atoms with E-state index in [0.29, 0.717) is 18.8 Å². The average molecular weight is 316 g/mol. The predicted octanol–water partition coefficient (Wildman–Crippen LogP) is 0.553. The Kier molecular flexibility index (Phi) is 4.68. The number of carbonyl (C=O) groups is 1. The highest BCUT2D eigenvalue weighted by Crippen LogP contribution is 2.20. The average Bonchev–Trinajstić information content (AvgIpc) is 3.22. The van der Waals surface area contributed by atoms with Crippen LogP contribution in [0, 0.1) is 0 Å². The number of likely N-dealkylation sites (tertiary alicyclic amines) is 1. The molecule has 0 bridgehead atoms. The fourth-order valence-electron chi connectivity index (χ4n) is 2.84. The number of nitrogens with zero attached hydrogens (tertiary/aromatic N) is 4. The SMILES string of the molecule is CO[C@@H]1C[C@@H](CO)N(C(=O)Cn2cnc(-c3ccccc3)n2)C1. The van der Waals surface area contributed by atoms with E-state index in [1.165, 1.54) is 4.68 Å². The van der Waals surface area contributed by atoms with Crippen molar-refractivity contribution < 1.29 is 14.6 Å². The van der Waals surface area contributed by atoms with Gasteiger partial charge in [-0.05, 0) is 6.42 Å². The van der Waals surface area contributed by atoms with Crippen molar-refractivity contribution in [2.75, 3.05) is 20.3 Å². The lowest BCUT2D eigenvalue weighted by molar-refractivity contribution is -0.133. The number of benzene rings is 1. The highest BCUT2D eigenvalue weighted by Gasteiger charge is 2.34. The van der Waals surface area contributed by atoms with E-state index in [-0.39, 0.29) is 31.2 Å². The van der Waals surface area contributed by atoms with Crippen LogP contribution in [0.25, 0.3) is 11.4 Å². The number of carbonyl (C=O) groups excluding carboxylic acids is 1. The third-order valence-corrected chi connectivity index (χ3v) is 4.11. The molecular formula is C16H20N4O3. The molecule has 1 aliphatic rings. The monoisotopic (exact) mass is 316 g/mol. The van der Waals surface area contributed by atoms with Crippen LogP contribution in [-0.4, -0.2) is 63.1 Å². The first-order chi connectivity index (χ1) is 11.2. The Balaban J connectivity index is 1.68. The molecule has 1 aliphatic heterocycles. The molecular weight excluding hydrogens is 296 g/mol. The van der Waals surface area contributed by atoms with Crippen LogP contribution >= 0.6 is 0 Å². The number of rotatable bonds is 5. The first-order valence-electron chi connectivity index (χ1n) is 7.59. The van der Waals surface area contributed by atoms with Gasteiger partial charge < -0.3 is 14.7 Å². The maximum Gasteiger partial charge on any atom is 0.244 e. The highest BCUT2D eigenvalue weighted by atomic mass is 16.5. The van der Waals surface area contributed by atoms with Gasteiger partial charge in [-0.1, -0.05) is 30.3 Å². The summed E-state index contributed by atoms with van der Waals surface area (Å²) < 4.78 is 6.82. The molecule has 0 unspecified atom stereocenters. The molecule has 2 aromatic rings. The standard InChI is InChI=1S/C16H20N4O3/c1-23-14-7-13(10-21)20(8-14)15(22)9-19-11-17-16(18-19)12-5-3-2-4-6-12/h2-6,11,13-14,21H,7-10H2,1H3/t13-,14+/m0/s1. The normalized spacial score (nSPS) is 20.9. The Labute approximate surface area is 134 Å². The quantitative estimate of drug-likeness (QED) is 0.871. The number of aliphatic hydroxyl groups is 1. The second-order valence-corrected chi connectivity index (χ2v) is 5.61. The lowest BCUT2D eigenvalue weighted by Gasteiger charge is -2.22. The van der Waals surface area contributed by atoms with Gasteiger partial charge in [-0.15, -0.1) is 0 Å². The van der Waals surface area contributed by atoms with Crippen molar-refractivity contribution in [3.63, 3.8) is 0 Å². The van der Waals surface area contributed by atoms with Crippen molar-refractivity contribution in [3.8, 4) is 11.4 Å². The molecule has 1 aromatic carbocycles. The van der Waals surface area contributed by atoms with Crippen LogP contribution in [0.5, 0.6) is 0 Å². The molecule has 1 N–H and O–H groups in total. The first kappa shape index (κ1) is 15.6. The van der Waals surface area contributed by atoms with Gasteiger partial charge in [0.15, 0.2) is 5.82 Å². The van der Waals surface area contributed by atoms with Gasteiger partial charge in [0.05, 0.1) is 18.8 Å². The maximum absolute atomic E-state index is 12.5. The molecule has 0 radical (unpaired) electrons. The van der Waals surface area contributed by atoms with Crippen molar-refractivity contribution in [1.82, 2.24) is 19.7 Å². The summed E-state index contributed by atoms with van der Waals surface area (Å²) in [7, 11) is 1.62. The molecule has 1 amide bonds. The summed E-state index contributed by atoms with van der Waals surface area (Å²) in [6.45, 7) is 0.547. The van der Waals surface area contributed by atoms with E-state index in [4.69, 9.17) is 4.74 Å². The molecule has 3 rings (SSSR count). The minimum Gasteiger partial charge on any atom is -0.394 e. The van der Waals surface area contributed by atoms with E-state index in [2.05, 4.69) is 10.1 Å². The van der Waals surface area contributed by atoms with Crippen molar-refractivity contribution in [1.29, 1.82) is 0 Å². The lowest BCUT2D eigenvalue weighted by atomic mass is 10.2. The number of aromatic nitrogens is 3. The molecule has 7 nitrogen and oxygen atoms in total. The Morgan fingerprint density at radius 1 is 1.39 bits per heavy atom. The fraction of sp³-hybridized carbons (Fsp3) is 0.438. The van der Waals surface area contributed by atoms with Gasteiger partial charge in [0.2, 0.25) is 5.91 Å². The summed E-state index contributed by atoms with van der Waals surface area (Å²) in [5.41, 5.74) is 0.910. The van der Waals surface area contributed by atoms with Crippen LogP contribution < -0.4 is 0 Å². The van der Waals surface area contributed by atoms with Gasteiger partial charge in [-0.25, -0.2) is 9.67 Å². The molecule has 1 fully saturated rings. The minimum atomic E-state index is -0.190. The Morgan fingerprint density at radius 3 is 2.87 bits per heavy atom. The number of methoxy groups -OCH3 is 1. The second-order valence-electron chi connectivity index (χ2n) is 5.61. The Hall–Kier alpha value is -2.25. The van der Waals surface area contributed by atoms with E-state index in [1.54, 1.807) is 18.3 Å². The summed E-state index contributed by atoms with van der Waals surface area (Å²) in [6, 6.07) is 9.42. The first-order valence-corrected chi connectivity index (χ1v) is 7.59. The van der Waals surface area contributed by atoms with Crippen LogP contribution in [0.4, 0.5) is 0 Å². The van der Waals surface area contributed by atoms with E-state index in [0.717, 1.165) is 5.56 Å². The molecule has 0 aliphatic carbocycles. The van der Waals surface area contributed by atoms with E-state index >= 15 is 0 Å². The second kappa shape index (κ2) is 6.89. The zero-order chi connectivity index (χ0) is 16.2. The highest BCUT2D eigenvalue weighted by molar-refractivity contribution is 5.76. The lowest BCUT2D eigenvalue weighted by Crippen LogP contribution is -2.40. The smallest absolute Gasteiger partial charge is 0.244 e. The molecule has 7 heteroatoms. The van der Waals surface area contributed by atoms with Gasteiger partial charge in [0.1, 0.15) is 12.9 Å². The molecule has 0 spiro atoms. The van der Waals surface area contributed by atoms with Gasteiger partial charge in [-0.3, -0.25) is 4.79 Å². The minimum absolute atomic E-state index is 0.0215. The molecule has 1 saturated heterocycles. The third kappa shape index (κ3) is 3.40. The number of hydrogen-bond acceptors (Lipinski definition) is 5. The zero-order valence-electron chi connectivity index (χ0n) is 13.0. The van der Waals surface area contributed by atoms with Gasteiger partial charge in [0, 0.05) is 19.2 Å². The molecule has 122 valence electrons. The topological polar surface area (TPSA) is 80.5 Å². The molecule has 23 heavy (non-hydrogen) atoms. The van der Waals surface area contributed by atoms with E-state index in [1.807, 2.05) is 30.3 Å². The summed E-state index contributed by atoms with van der Waals surface area (Å²) >= 11 is 0. The van der Waals surface area contributed by atoms with E-state index < -0.39 is 0 Å². The van der Waals surface area contributed by atoms with E-state index in [9.17, 15) is 9.90 Å². The fourth-order valence-corrected chi connectivity index (χ4v) is 2.84. The Morgan fingerprint density at radius 2 is 2.17 bits per heavy atom. The van der Waals surface area contributed by atoms with Crippen LogP contribution in [0.2, 0.25) is 0 Å². The van der Waals surface area contributed by atoms with Crippen LogP contribution in [0.1, 0.15) is 6.42 Å². The van der Waals surface area contributed by atoms with Crippen LogP contribution in [0.15, 0.2) is 36.7 Å². The maximum atomic E-state index is 12.5. The number of aliphatic hydroxyl groups excluding tert-OH is 1. The van der Waals surface area contributed by atoms with Crippen molar-refractivity contribution in [3.05, 3.63) is 36.7 Å². The summed E-state index contributed by atoms with van der Waals surface area (Å²) in [6.07, 6.45) is 2.19. The summed E-state index contributed by atoms with van der Waals surface area (Å²) in [5.74, 6) is 0.501.